The van der Waals surface area contributed by atoms with E-state index in [-0.39, 0.29) is 11.6 Å². The summed E-state index contributed by atoms with van der Waals surface area (Å²) < 4.78 is 1.87. The maximum Gasteiger partial charge on any atom is 0.268 e. The fourth-order valence-corrected chi connectivity index (χ4v) is 3.81. The van der Waals surface area contributed by atoms with Gasteiger partial charge in [-0.05, 0) is 38.5 Å². The lowest BCUT2D eigenvalue weighted by atomic mass is 10.2. The van der Waals surface area contributed by atoms with Gasteiger partial charge >= 0.3 is 0 Å². The van der Waals surface area contributed by atoms with Gasteiger partial charge in [-0.2, -0.15) is 0 Å². The van der Waals surface area contributed by atoms with Gasteiger partial charge in [0.2, 0.25) is 5.91 Å². The zero-order valence-electron chi connectivity index (χ0n) is 13.4. The third kappa shape index (κ3) is 2.99. The topological polar surface area (TPSA) is 81.2 Å². The van der Waals surface area contributed by atoms with Gasteiger partial charge in [-0.3, -0.25) is 9.59 Å². The van der Waals surface area contributed by atoms with Crippen molar-refractivity contribution < 1.29 is 9.59 Å². The maximum absolute atomic E-state index is 12.9. The smallest absolute Gasteiger partial charge is 0.268 e. The largest absolute Gasteiger partial charge is 0.364 e. The lowest BCUT2D eigenvalue weighted by molar-refractivity contribution is -0.134. The fraction of sp³-hybridized carbons (Fsp3) is 0.706. The zero-order valence-corrected chi connectivity index (χ0v) is 13.4. The van der Waals surface area contributed by atoms with Crippen molar-refractivity contribution in [3.05, 3.63) is 17.7 Å². The summed E-state index contributed by atoms with van der Waals surface area (Å²) in [6, 6.07) is 0.854. The third-order valence-corrected chi connectivity index (χ3v) is 5.25. The van der Waals surface area contributed by atoms with Crippen LogP contribution in [0.5, 0.6) is 0 Å². The van der Waals surface area contributed by atoms with Gasteiger partial charge in [0.05, 0.1) is 0 Å². The third-order valence-electron chi connectivity index (χ3n) is 5.25. The molecule has 0 aliphatic heterocycles. The number of primary amides is 1. The highest BCUT2D eigenvalue weighted by Gasteiger charge is 2.39. The Bertz CT molecular complexity index is 625. The van der Waals surface area contributed by atoms with E-state index in [1.54, 1.807) is 6.20 Å². The summed E-state index contributed by atoms with van der Waals surface area (Å²) in [4.78, 5) is 30.8. The molecule has 124 valence electrons. The normalized spacial score (nSPS) is 21.6. The molecule has 1 aromatic rings. The molecule has 23 heavy (non-hydrogen) atoms. The van der Waals surface area contributed by atoms with Gasteiger partial charge in [0, 0.05) is 24.2 Å². The SMILES string of the molecule is NC(=O)c1cn(CC(=O)N(C2CCCC2)C2CC2)c(C2CC2)n1. The number of amides is 2. The summed E-state index contributed by atoms with van der Waals surface area (Å²) in [6.07, 6.45) is 10.8. The molecule has 2 amide bonds. The van der Waals surface area contributed by atoms with Gasteiger partial charge in [-0.15, -0.1) is 0 Å². The number of nitrogens with two attached hydrogens (primary N) is 1. The van der Waals surface area contributed by atoms with E-state index in [1.165, 1.54) is 12.8 Å². The molecule has 3 fully saturated rings. The highest BCUT2D eigenvalue weighted by atomic mass is 16.2. The number of nitrogens with zero attached hydrogens (tertiary/aromatic N) is 3. The van der Waals surface area contributed by atoms with Crippen molar-refractivity contribution in [1.29, 1.82) is 0 Å². The summed E-state index contributed by atoms with van der Waals surface area (Å²) >= 11 is 0. The minimum Gasteiger partial charge on any atom is -0.364 e. The predicted molar refractivity (Wildman–Crippen MR) is 84.8 cm³/mol. The van der Waals surface area contributed by atoms with Crippen LogP contribution in [-0.2, 0) is 11.3 Å². The van der Waals surface area contributed by atoms with Crippen molar-refractivity contribution in [1.82, 2.24) is 14.5 Å². The molecule has 1 heterocycles. The number of aromatic nitrogens is 2. The molecule has 0 saturated heterocycles. The quantitative estimate of drug-likeness (QED) is 0.869. The summed E-state index contributed by atoms with van der Waals surface area (Å²) in [5, 5.41) is 0. The van der Waals surface area contributed by atoms with Crippen LogP contribution in [0.3, 0.4) is 0 Å². The van der Waals surface area contributed by atoms with Gasteiger partial charge in [0.25, 0.3) is 5.91 Å². The molecule has 2 N–H and O–H groups in total. The Hall–Kier alpha value is -1.85. The van der Waals surface area contributed by atoms with Crippen molar-refractivity contribution in [3.8, 4) is 0 Å². The molecule has 0 spiro atoms. The molecule has 1 aromatic heterocycles. The predicted octanol–water partition coefficient (Wildman–Crippen LogP) is 1.79. The van der Waals surface area contributed by atoms with E-state index in [0.29, 0.717) is 24.5 Å². The molecule has 3 aliphatic carbocycles. The van der Waals surface area contributed by atoms with Gasteiger partial charge in [-0.25, -0.2) is 4.98 Å². The van der Waals surface area contributed by atoms with Crippen molar-refractivity contribution >= 4 is 11.8 Å². The number of carbonyl (C=O) groups is 2. The molecule has 0 aromatic carbocycles. The Morgan fingerprint density at radius 1 is 1.13 bits per heavy atom. The average Bonchev–Trinajstić information content (AvgIpc) is 3.43. The van der Waals surface area contributed by atoms with E-state index in [1.807, 2.05) is 4.57 Å². The maximum atomic E-state index is 12.9. The van der Waals surface area contributed by atoms with Gasteiger partial charge in [0.15, 0.2) is 0 Å². The molecule has 4 rings (SSSR count). The molecule has 6 heteroatoms. The molecule has 0 atom stereocenters. The molecular formula is C17H24N4O2. The van der Waals surface area contributed by atoms with Gasteiger partial charge in [-0.1, -0.05) is 12.8 Å². The number of hydrogen-bond donors (Lipinski definition) is 1. The highest BCUT2D eigenvalue weighted by molar-refractivity contribution is 5.90. The number of imidazole rings is 1. The monoisotopic (exact) mass is 316 g/mol. The highest BCUT2D eigenvalue weighted by Crippen LogP contribution is 2.40. The molecular weight excluding hydrogens is 292 g/mol. The number of hydrogen-bond acceptors (Lipinski definition) is 3. The Balaban J connectivity index is 1.54. The summed E-state index contributed by atoms with van der Waals surface area (Å²) in [5.74, 6) is 0.897. The molecule has 0 radical (unpaired) electrons. The molecule has 0 bridgehead atoms. The number of carbonyl (C=O) groups excluding carboxylic acids is 2. The second kappa shape index (κ2) is 5.65. The first kappa shape index (κ1) is 14.7. The second-order valence-corrected chi connectivity index (χ2v) is 7.22. The van der Waals surface area contributed by atoms with Crippen LogP contribution >= 0.6 is 0 Å². The van der Waals surface area contributed by atoms with Crippen LogP contribution in [0.1, 0.15) is 73.6 Å². The van der Waals surface area contributed by atoms with Crippen molar-refractivity contribution in [2.45, 2.75) is 75.9 Å². The van der Waals surface area contributed by atoms with Crippen LogP contribution in [0.2, 0.25) is 0 Å². The second-order valence-electron chi connectivity index (χ2n) is 7.22. The van der Waals surface area contributed by atoms with Gasteiger partial charge in [0.1, 0.15) is 18.1 Å². The zero-order chi connectivity index (χ0) is 16.0. The first-order valence-corrected chi connectivity index (χ1v) is 8.81. The molecule has 3 saturated carbocycles. The van der Waals surface area contributed by atoms with Crippen molar-refractivity contribution in [3.63, 3.8) is 0 Å². The van der Waals surface area contributed by atoms with Crippen molar-refractivity contribution in [2.24, 2.45) is 5.73 Å². The molecule has 6 nitrogen and oxygen atoms in total. The summed E-state index contributed by atoms with van der Waals surface area (Å²) in [6.45, 7) is 0.291. The Morgan fingerprint density at radius 3 is 2.35 bits per heavy atom. The first-order chi connectivity index (χ1) is 11.1. The Labute approximate surface area is 136 Å². The van der Waals surface area contributed by atoms with Crippen LogP contribution in [0.15, 0.2) is 6.20 Å². The lowest BCUT2D eigenvalue weighted by Gasteiger charge is -2.29. The Morgan fingerprint density at radius 2 is 1.78 bits per heavy atom. The standard InChI is InChI=1S/C17H24N4O2/c18-16(23)14-9-20(17(19-14)11-5-6-11)10-15(22)21(13-7-8-13)12-3-1-2-4-12/h9,11-13H,1-8,10H2,(H2,18,23). The van der Waals surface area contributed by atoms with Crippen molar-refractivity contribution in [2.75, 3.05) is 0 Å². The molecule has 0 unspecified atom stereocenters. The average molecular weight is 316 g/mol. The van der Waals surface area contributed by atoms with Crippen LogP contribution in [0, 0.1) is 0 Å². The van der Waals surface area contributed by atoms with Crippen LogP contribution < -0.4 is 5.73 Å². The van der Waals surface area contributed by atoms with E-state index in [2.05, 4.69) is 9.88 Å². The minimum atomic E-state index is -0.520. The summed E-state index contributed by atoms with van der Waals surface area (Å²) in [7, 11) is 0. The molecule has 3 aliphatic rings. The first-order valence-electron chi connectivity index (χ1n) is 8.81. The van der Waals surface area contributed by atoms with E-state index >= 15 is 0 Å². The Kier molecular flexibility index (Phi) is 3.62. The van der Waals surface area contributed by atoms with E-state index < -0.39 is 5.91 Å². The van der Waals surface area contributed by atoms with E-state index in [0.717, 1.165) is 44.3 Å². The lowest BCUT2D eigenvalue weighted by Crippen LogP contribution is -2.42. The fourth-order valence-electron chi connectivity index (χ4n) is 3.81. The number of rotatable bonds is 6. The van der Waals surface area contributed by atoms with Crippen LogP contribution in [-0.4, -0.2) is 38.3 Å². The van der Waals surface area contributed by atoms with Crippen LogP contribution in [0.25, 0.3) is 0 Å². The van der Waals surface area contributed by atoms with E-state index in [4.69, 9.17) is 5.73 Å². The van der Waals surface area contributed by atoms with E-state index in [9.17, 15) is 9.59 Å². The summed E-state index contributed by atoms with van der Waals surface area (Å²) in [5.41, 5.74) is 5.63. The van der Waals surface area contributed by atoms with Gasteiger partial charge < -0.3 is 15.2 Å². The minimum absolute atomic E-state index is 0.176. The van der Waals surface area contributed by atoms with Crippen LogP contribution in [0.4, 0.5) is 0 Å².